The Kier molecular flexibility index (Phi) is 5.17. The first-order valence-electron chi connectivity index (χ1n) is 6.49. The van der Waals surface area contributed by atoms with E-state index in [-0.39, 0.29) is 16.7 Å². The summed E-state index contributed by atoms with van der Waals surface area (Å²) in [6, 6.07) is 13.3. The summed E-state index contributed by atoms with van der Waals surface area (Å²) in [4.78, 5) is 11.9. The van der Waals surface area contributed by atoms with Crippen LogP contribution < -0.4 is 10.1 Å². The average molecular weight is 308 g/mol. The van der Waals surface area contributed by atoms with E-state index in [1.807, 2.05) is 30.3 Å². The highest BCUT2D eigenvalue weighted by molar-refractivity contribution is 6.32. The highest BCUT2D eigenvalue weighted by Crippen LogP contribution is 2.25. The zero-order chi connectivity index (χ0) is 15.2. The van der Waals surface area contributed by atoms with Crippen LogP contribution in [0.4, 0.5) is 4.39 Å². The minimum atomic E-state index is -0.725. The number of carbonyl (C=O) groups is 1. The number of nitrogens with one attached hydrogen (secondary N) is 1. The van der Waals surface area contributed by atoms with Crippen molar-refractivity contribution >= 4 is 17.5 Å². The van der Waals surface area contributed by atoms with Gasteiger partial charge in [-0.05, 0) is 30.7 Å². The van der Waals surface area contributed by atoms with Gasteiger partial charge in [-0.1, -0.05) is 41.9 Å². The van der Waals surface area contributed by atoms with Crippen molar-refractivity contribution in [1.29, 1.82) is 0 Å². The number of rotatable bonds is 5. The molecule has 110 valence electrons. The molecule has 0 spiro atoms. The molecule has 0 fully saturated rings. The fourth-order valence-corrected chi connectivity index (χ4v) is 1.96. The van der Waals surface area contributed by atoms with Gasteiger partial charge < -0.3 is 10.1 Å². The minimum Gasteiger partial charge on any atom is -0.479 e. The second kappa shape index (κ2) is 7.09. The molecule has 0 aliphatic carbocycles. The Balaban J connectivity index is 1.90. The van der Waals surface area contributed by atoms with Crippen LogP contribution in [-0.2, 0) is 11.3 Å². The minimum absolute atomic E-state index is 0.137. The van der Waals surface area contributed by atoms with Crippen LogP contribution in [0.2, 0.25) is 5.02 Å². The highest BCUT2D eigenvalue weighted by Gasteiger charge is 2.16. The van der Waals surface area contributed by atoms with E-state index in [9.17, 15) is 9.18 Å². The molecule has 0 aliphatic rings. The van der Waals surface area contributed by atoms with Gasteiger partial charge in [0.1, 0.15) is 11.6 Å². The summed E-state index contributed by atoms with van der Waals surface area (Å²) in [6.07, 6.45) is -0.725. The van der Waals surface area contributed by atoms with Gasteiger partial charge in [0.15, 0.2) is 6.10 Å². The Morgan fingerprint density at radius 1 is 1.29 bits per heavy atom. The van der Waals surface area contributed by atoms with Gasteiger partial charge in [-0.25, -0.2) is 4.39 Å². The Labute approximate surface area is 127 Å². The zero-order valence-electron chi connectivity index (χ0n) is 11.5. The third kappa shape index (κ3) is 4.46. The second-order valence-corrected chi connectivity index (χ2v) is 4.95. The number of halogens is 2. The zero-order valence-corrected chi connectivity index (χ0v) is 12.2. The molecule has 0 radical (unpaired) electrons. The van der Waals surface area contributed by atoms with Gasteiger partial charge in [0.2, 0.25) is 0 Å². The van der Waals surface area contributed by atoms with Crippen molar-refractivity contribution in [3.05, 3.63) is 64.9 Å². The third-order valence-electron chi connectivity index (χ3n) is 2.88. The monoisotopic (exact) mass is 307 g/mol. The number of amides is 1. The van der Waals surface area contributed by atoms with Crippen LogP contribution in [-0.4, -0.2) is 12.0 Å². The first kappa shape index (κ1) is 15.3. The maximum Gasteiger partial charge on any atom is 0.261 e. The van der Waals surface area contributed by atoms with Gasteiger partial charge >= 0.3 is 0 Å². The second-order valence-electron chi connectivity index (χ2n) is 4.54. The first-order valence-corrected chi connectivity index (χ1v) is 6.87. The Morgan fingerprint density at radius 3 is 2.67 bits per heavy atom. The Morgan fingerprint density at radius 2 is 2.00 bits per heavy atom. The molecular formula is C16H15ClFNO2. The summed E-state index contributed by atoms with van der Waals surface area (Å²) in [5, 5.41) is 2.91. The lowest BCUT2D eigenvalue weighted by Crippen LogP contribution is -2.35. The van der Waals surface area contributed by atoms with E-state index >= 15 is 0 Å². The topological polar surface area (TPSA) is 38.3 Å². The molecule has 0 bridgehead atoms. The number of ether oxygens (including phenoxy) is 1. The highest BCUT2D eigenvalue weighted by atomic mass is 35.5. The van der Waals surface area contributed by atoms with E-state index in [1.54, 1.807) is 6.92 Å². The SMILES string of the molecule is CC(Oc1ccc(F)cc1Cl)C(=O)NCc1ccccc1. The lowest BCUT2D eigenvalue weighted by Gasteiger charge is -2.15. The van der Waals surface area contributed by atoms with E-state index in [1.165, 1.54) is 12.1 Å². The molecule has 0 saturated heterocycles. The maximum atomic E-state index is 12.9. The largest absolute Gasteiger partial charge is 0.479 e. The van der Waals surface area contributed by atoms with E-state index in [0.717, 1.165) is 11.6 Å². The van der Waals surface area contributed by atoms with Gasteiger partial charge in [0.05, 0.1) is 5.02 Å². The predicted octanol–water partition coefficient (Wildman–Crippen LogP) is 3.56. The molecule has 21 heavy (non-hydrogen) atoms. The van der Waals surface area contributed by atoms with Gasteiger partial charge in [0, 0.05) is 6.54 Å². The van der Waals surface area contributed by atoms with Crippen LogP contribution >= 0.6 is 11.6 Å². The van der Waals surface area contributed by atoms with Crippen LogP contribution in [0.5, 0.6) is 5.75 Å². The molecule has 1 amide bonds. The van der Waals surface area contributed by atoms with Crippen molar-refractivity contribution in [3.63, 3.8) is 0 Å². The maximum absolute atomic E-state index is 12.9. The number of hydrogen-bond acceptors (Lipinski definition) is 2. The summed E-state index contributed by atoms with van der Waals surface area (Å²) in [5.41, 5.74) is 0.998. The van der Waals surface area contributed by atoms with Crippen molar-refractivity contribution in [3.8, 4) is 5.75 Å². The number of benzene rings is 2. The molecule has 5 heteroatoms. The standard InChI is InChI=1S/C16H15ClFNO2/c1-11(21-15-8-7-13(18)9-14(15)17)16(20)19-10-12-5-3-2-4-6-12/h2-9,11H,10H2,1H3,(H,19,20). The molecule has 0 heterocycles. The van der Waals surface area contributed by atoms with E-state index in [4.69, 9.17) is 16.3 Å². The van der Waals surface area contributed by atoms with Crippen LogP contribution in [0, 0.1) is 5.82 Å². The van der Waals surface area contributed by atoms with Crippen molar-refractivity contribution in [2.24, 2.45) is 0 Å². The lowest BCUT2D eigenvalue weighted by atomic mass is 10.2. The molecular weight excluding hydrogens is 293 g/mol. The van der Waals surface area contributed by atoms with E-state index in [2.05, 4.69) is 5.32 Å². The van der Waals surface area contributed by atoms with Crippen molar-refractivity contribution in [2.45, 2.75) is 19.6 Å². The van der Waals surface area contributed by atoms with Crippen molar-refractivity contribution < 1.29 is 13.9 Å². The molecule has 0 aromatic heterocycles. The molecule has 2 rings (SSSR count). The molecule has 2 aromatic carbocycles. The molecule has 1 N–H and O–H groups in total. The van der Waals surface area contributed by atoms with Gasteiger partial charge in [-0.2, -0.15) is 0 Å². The Hall–Kier alpha value is -2.07. The normalized spacial score (nSPS) is 11.8. The average Bonchev–Trinajstić information content (AvgIpc) is 2.48. The molecule has 0 aliphatic heterocycles. The first-order chi connectivity index (χ1) is 10.1. The molecule has 1 atom stereocenters. The van der Waals surface area contributed by atoms with Gasteiger partial charge in [-0.15, -0.1) is 0 Å². The predicted molar refractivity (Wildman–Crippen MR) is 79.8 cm³/mol. The van der Waals surface area contributed by atoms with Crippen LogP contribution in [0.25, 0.3) is 0 Å². The van der Waals surface area contributed by atoms with Crippen LogP contribution in [0.1, 0.15) is 12.5 Å². The Bertz CT molecular complexity index is 619. The van der Waals surface area contributed by atoms with Crippen molar-refractivity contribution in [1.82, 2.24) is 5.32 Å². The van der Waals surface area contributed by atoms with Crippen LogP contribution in [0.15, 0.2) is 48.5 Å². The van der Waals surface area contributed by atoms with E-state index < -0.39 is 11.9 Å². The smallest absolute Gasteiger partial charge is 0.261 e. The number of hydrogen-bond donors (Lipinski definition) is 1. The van der Waals surface area contributed by atoms with Gasteiger partial charge in [0.25, 0.3) is 5.91 Å². The lowest BCUT2D eigenvalue weighted by molar-refractivity contribution is -0.127. The van der Waals surface area contributed by atoms with Gasteiger partial charge in [-0.3, -0.25) is 4.79 Å². The van der Waals surface area contributed by atoms with Crippen molar-refractivity contribution in [2.75, 3.05) is 0 Å². The molecule has 1 unspecified atom stereocenters. The summed E-state index contributed by atoms with van der Waals surface area (Å²) in [6.45, 7) is 2.03. The fraction of sp³-hybridized carbons (Fsp3) is 0.188. The van der Waals surface area contributed by atoms with E-state index in [0.29, 0.717) is 6.54 Å². The number of carbonyl (C=O) groups excluding carboxylic acids is 1. The fourth-order valence-electron chi connectivity index (χ4n) is 1.74. The summed E-state index contributed by atoms with van der Waals surface area (Å²) in [5.74, 6) is -0.437. The summed E-state index contributed by atoms with van der Waals surface area (Å²) >= 11 is 5.85. The molecule has 2 aromatic rings. The summed E-state index contributed by atoms with van der Waals surface area (Å²) < 4.78 is 18.4. The quantitative estimate of drug-likeness (QED) is 0.917. The van der Waals surface area contributed by atoms with Crippen LogP contribution in [0.3, 0.4) is 0 Å². The molecule has 0 saturated carbocycles. The molecule has 3 nitrogen and oxygen atoms in total. The summed E-state index contributed by atoms with van der Waals surface area (Å²) in [7, 11) is 0. The third-order valence-corrected chi connectivity index (χ3v) is 3.17.